The fourth-order valence-electron chi connectivity index (χ4n) is 3.32. The first-order valence-electron chi connectivity index (χ1n) is 10.3. The molecule has 0 radical (unpaired) electrons. The molecule has 0 aliphatic carbocycles. The second-order valence-corrected chi connectivity index (χ2v) is 8.52. The lowest BCUT2D eigenvalue weighted by atomic mass is 10.2. The Kier molecular flexibility index (Phi) is 6.84. The van der Waals surface area contributed by atoms with Crippen LogP contribution in [0.1, 0.15) is 34.6 Å². The summed E-state index contributed by atoms with van der Waals surface area (Å²) in [4.78, 5) is 22.5. The second kappa shape index (κ2) is 9.94. The maximum Gasteiger partial charge on any atom is 0.255 e. The first-order chi connectivity index (χ1) is 15.0. The summed E-state index contributed by atoms with van der Waals surface area (Å²) in [5, 5.41) is 3.64. The summed E-state index contributed by atoms with van der Waals surface area (Å²) in [5.74, 6) is 0.575. The number of ether oxygens (including phenoxy) is 2. The predicted molar refractivity (Wildman–Crippen MR) is 121 cm³/mol. The molecule has 0 bridgehead atoms. The molecule has 1 aliphatic heterocycles. The molecule has 1 aromatic heterocycles. The monoisotopic (exact) mass is 435 g/mol. The number of aryl methyl sites for hydroxylation is 2. The van der Waals surface area contributed by atoms with Crippen LogP contribution < -0.4 is 10.1 Å². The number of nitrogens with one attached hydrogen (secondary N) is 1. The minimum absolute atomic E-state index is 0.163. The molecule has 31 heavy (non-hydrogen) atoms. The van der Waals surface area contributed by atoms with Gasteiger partial charge in [0.05, 0.1) is 6.10 Å². The molecule has 6 nitrogen and oxygen atoms in total. The van der Waals surface area contributed by atoms with E-state index in [1.807, 2.05) is 56.3 Å². The van der Waals surface area contributed by atoms with Gasteiger partial charge in [-0.15, -0.1) is 0 Å². The Hall–Kier alpha value is -2.90. The summed E-state index contributed by atoms with van der Waals surface area (Å²) in [5.41, 5.74) is 3.20. The van der Waals surface area contributed by atoms with Crippen LogP contribution in [0.15, 0.2) is 64.6 Å². The fraction of sp³-hybridized carbons (Fsp3) is 0.292. The molecule has 0 spiro atoms. The van der Waals surface area contributed by atoms with Gasteiger partial charge in [0, 0.05) is 34.1 Å². The average Bonchev–Trinajstić information content (AvgIpc) is 3.27. The van der Waals surface area contributed by atoms with Crippen molar-refractivity contribution in [3.63, 3.8) is 0 Å². The fourth-order valence-corrected chi connectivity index (χ4v) is 4.18. The van der Waals surface area contributed by atoms with Gasteiger partial charge in [-0.1, -0.05) is 0 Å². The van der Waals surface area contributed by atoms with Crippen LogP contribution in [0.2, 0.25) is 0 Å². The Morgan fingerprint density at radius 3 is 2.45 bits per heavy atom. The van der Waals surface area contributed by atoms with Crippen molar-refractivity contribution in [3.05, 3.63) is 71.5 Å². The van der Waals surface area contributed by atoms with Crippen molar-refractivity contribution in [2.75, 3.05) is 18.5 Å². The summed E-state index contributed by atoms with van der Waals surface area (Å²) in [7, 11) is 0. The van der Waals surface area contributed by atoms with Crippen LogP contribution in [-0.2, 0) is 4.74 Å². The zero-order valence-electron chi connectivity index (χ0n) is 17.6. The van der Waals surface area contributed by atoms with Gasteiger partial charge >= 0.3 is 0 Å². The molecule has 1 atom stereocenters. The highest BCUT2D eigenvalue weighted by molar-refractivity contribution is 7.99. The molecule has 0 saturated carbocycles. The minimum atomic E-state index is -0.163. The van der Waals surface area contributed by atoms with Crippen molar-refractivity contribution in [2.45, 2.75) is 42.8 Å². The van der Waals surface area contributed by atoms with E-state index in [-0.39, 0.29) is 12.0 Å². The number of carbonyl (C=O) groups is 1. The maximum absolute atomic E-state index is 12.5. The molecule has 2 aromatic carbocycles. The number of carbonyl (C=O) groups excluding carboxylic acids is 1. The van der Waals surface area contributed by atoms with Crippen molar-refractivity contribution >= 4 is 23.4 Å². The van der Waals surface area contributed by atoms with E-state index in [0.29, 0.717) is 12.2 Å². The van der Waals surface area contributed by atoms with Gasteiger partial charge in [-0.3, -0.25) is 4.79 Å². The molecule has 1 N–H and O–H groups in total. The molecule has 1 saturated heterocycles. The smallest absolute Gasteiger partial charge is 0.255 e. The second-order valence-electron chi connectivity index (χ2n) is 7.48. The molecule has 2 heterocycles. The molecule has 1 amide bonds. The Balaban J connectivity index is 1.31. The van der Waals surface area contributed by atoms with Gasteiger partial charge in [0.25, 0.3) is 5.91 Å². The topological polar surface area (TPSA) is 73.3 Å². The van der Waals surface area contributed by atoms with Crippen molar-refractivity contribution in [1.29, 1.82) is 0 Å². The zero-order valence-corrected chi connectivity index (χ0v) is 18.4. The third-order valence-electron chi connectivity index (χ3n) is 4.86. The van der Waals surface area contributed by atoms with E-state index in [4.69, 9.17) is 9.47 Å². The standard InChI is InChI=1S/C24H25N3O3S/c1-16-14-17(2)26-24(25-16)31-22-11-7-19(8-12-22)27-23(28)18-5-9-20(10-6-18)30-15-21-4-3-13-29-21/h5-12,14,21H,3-4,13,15H2,1-2H3,(H,27,28). The van der Waals surface area contributed by atoms with E-state index in [9.17, 15) is 4.79 Å². The molecular formula is C24H25N3O3S. The summed E-state index contributed by atoms with van der Waals surface area (Å²) < 4.78 is 11.3. The van der Waals surface area contributed by atoms with E-state index in [2.05, 4.69) is 15.3 Å². The number of aromatic nitrogens is 2. The summed E-state index contributed by atoms with van der Waals surface area (Å²) in [6.45, 7) is 5.27. The molecule has 1 fully saturated rings. The molecular weight excluding hydrogens is 410 g/mol. The number of nitrogens with zero attached hydrogens (tertiary/aromatic N) is 2. The first-order valence-corrected chi connectivity index (χ1v) is 11.1. The first kappa shape index (κ1) is 21.3. The molecule has 1 aliphatic rings. The molecule has 4 rings (SSSR count). The van der Waals surface area contributed by atoms with Gasteiger partial charge < -0.3 is 14.8 Å². The highest BCUT2D eigenvalue weighted by Crippen LogP contribution is 2.26. The zero-order chi connectivity index (χ0) is 21.6. The van der Waals surface area contributed by atoms with Crippen molar-refractivity contribution < 1.29 is 14.3 Å². The van der Waals surface area contributed by atoms with Crippen LogP contribution in [-0.4, -0.2) is 35.2 Å². The van der Waals surface area contributed by atoms with E-state index in [1.165, 1.54) is 11.8 Å². The van der Waals surface area contributed by atoms with Gasteiger partial charge in [0.2, 0.25) is 0 Å². The minimum Gasteiger partial charge on any atom is -0.491 e. The maximum atomic E-state index is 12.5. The number of hydrogen-bond acceptors (Lipinski definition) is 6. The van der Waals surface area contributed by atoms with Gasteiger partial charge in [-0.2, -0.15) is 0 Å². The average molecular weight is 436 g/mol. The van der Waals surface area contributed by atoms with E-state index in [0.717, 1.165) is 52.3 Å². The third-order valence-corrected chi connectivity index (χ3v) is 5.73. The lowest BCUT2D eigenvalue weighted by Crippen LogP contribution is -2.16. The van der Waals surface area contributed by atoms with Crippen LogP contribution in [0.25, 0.3) is 0 Å². The number of hydrogen-bond donors (Lipinski definition) is 1. The van der Waals surface area contributed by atoms with Crippen LogP contribution in [0.3, 0.4) is 0 Å². The molecule has 3 aromatic rings. The van der Waals surface area contributed by atoms with Gasteiger partial charge in [0.1, 0.15) is 12.4 Å². The van der Waals surface area contributed by atoms with Crippen LogP contribution in [0.5, 0.6) is 5.75 Å². The number of rotatable bonds is 7. The Morgan fingerprint density at radius 2 is 1.81 bits per heavy atom. The van der Waals surface area contributed by atoms with Crippen LogP contribution >= 0.6 is 11.8 Å². The van der Waals surface area contributed by atoms with Crippen molar-refractivity contribution in [1.82, 2.24) is 9.97 Å². The lowest BCUT2D eigenvalue weighted by molar-refractivity contribution is 0.0679. The number of anilines is 1. The molecule has 7 heteroatoms. The summed E-state index contributed by atoms with van der Waals surface area (Å²) >= 11 is 1.50. The highest BCUT2D eigenvalue weighted by Gasteiger charge is 2.16. The van der Waals surface area contributed by atoms with Gasteiger partial charge in [0.15, 0.2) is 5.16 Å². The Labute approximate surface area is 186 Å². The number of amides is 1. The van der Waals surface area contributed by atoms with E-state index in [1.54, 1.807) is 12.1 Å². The molecule has 1 unspecified atom stereocenters. The molecule has 160 valence electrons. The summed E-state index contributed by atoms with van der Waals surface area (Å²) in [6.07, 6.45) is 2.30. The largest absolute Gasteiger partial charge is 0.491 e. The SMILES string of the molecule is Cc1cc(C)nc(Sc2ccc(NC(=O)c3ccc(OCC4CCCO4)cc3)cc2)n1. The summed E-state index contributed by atoms with van der Waals surface area (Å²) in [6, 6.07) is 16.8. The number of benzene rings is 2. The Bertz CT molecular complexity index is 1010. The lowest BCUT2D eigenvalue weighted by Gasteiger charge is -2.12. The van der Waals surface area contributed by atoms with E-state index >= 15 is 0 Å². The van der Waals surface area contributed by atoms with Gasteiger partial charge in [-0.05, 0) is 93.0 Å². The predicted octanol–water partition coefficient (Wildman–Crippen LogP) is 5.05. The normalized spacial score (nSPS) is 15.6. The van der Waals surface area contributed by atoms with Gasteiger partial charge in [-0.25, -0.2) is 9.97 Å². The van der Waals surface area contributed by atoms with Crippen LogP contribution in [0, 0.1) is 13.8 Å². The van der Waals surface area contributed by atoms with Crippen molar-refractivity contribution in [2.24, 2.45) is 0 Å². The van der Waals surface area contributed by atoms with Crippen molar-refractivity contribution in [3.8, 4) is 5.75 Å². The Morgan fingerprint density at radius 1 is 1.10 bits per heavy atom. The van der Waals surface area contributed by atoms with E-state index < -0.39 is 0 Å². The third kappa shape index (κ3) is 6.06. The van der Waals surface area contributed by atoms with Crippen LogP contribution in [0.4, 0.5) is 5.69 Å². The highest BCUT2D eigenvalue weighted by atomic mass is 32.2. The quantitative estimate of drug-likeness (QED) is 0.523.